The molecule has 1 unspecified atom stereocenters. The molecule has 1 saturated heterocycles. The Kier molecular flexibility index (Phi) is 3.91. The Labute approximate surface area is 88.5 Å². The van der Waals surface area contributed by atoms with Crippen molar-refractivity contribution in [1.82, 2.24) is 10.3 Å². The first-order valence-electron chi connectivity index (χ1n) is 5.14. The van der Waals surface area contributed by atoms with Crippen molar-refractivity contribution in [2.24, 2.45) is 0 Å². The summed E-state index contributed by atoms with van der Waals surface area (Å²) in [7, 11) is 0. The second-order valence-corrected chi connectivity index (χ2v) is 4.29. The Morgan fingerprint density at radius 3 is 3.36 bits per heavy atom. The Hall–Kier alpha value is -0.450. The van der Waals surface area contributed by atoms with Crippen LogP contribution in [-0.2, 0) is 11.2 Å². The lowest BCUT2D eigenvalue weighted by Gasteiger charge is -2.09. The zero-order valence-electron chi connectivity index (χ0n) is 8.24. The van der Waals surface area contributed by atoms with Crippen LogP contribution in [0.4, 0.5) is 0 Å². The SMILES string of the molecule is c1nc(CCNCC2CCCO2)cs1. The highest BCUT2D eigenvalue weighted by atomic mass is 32.1. The van der Waals surface area contributed by atoms with Crippen molar-refractivity contribution in [3.8, 4) is 0 Å². The number of ether oxygens (including phenoxy) is 1. The van der Waals surface area contributed by atoms with E-state index in [1.54, 1.807) is 11.3 Å². The van der Waals surface area contributed by atoms with Crippen molar-refractivity contribution in [1.29, 1.82) is 0 Å². The molecular formula is C10H16N2OS. The number of nitrogens with one attached hydrogen (secondary N) is 1. The van der Waals surface area contributed by atoms with Gasteiger partial charge < -0.3 is 10.1 Å². The molecule has 2 rings (SSSR count). The number of hydrogen-bond acceptors (Lipinski definition) is 4. The van der Waals surface area contributed by atoms with E-state index in [1.807, 2.05) is 5.51 Å². The molecule has 0 aliphatic carbocycles. The van der Waals surface area contributed by atoms with Crippen LogP contribution < -0.4 is 5.32 Å². The highest BCUT2D eigenvalue weighted by Crippen LogP contribution is 2.10. The van der Waals surface area contributed by atoms with Gasteiger partial charge in [-0.1, -0.05) is 0 Å². The number of thiazole rings is 1. The quantitative estimate of drug-likeness (QED) is 0.750. The van der Waals surface area contributed by atoms with Crippen molar-refractivity contribution < 1.29 is 4.74 Å². The zero-order valence-corrected chi connectivity index (χ0v) is 9.05. The topological polar surface area (TPSA) is 34.2 Å². The Bertz CT molecular complexity index is 245. The Balaban J connectivity index is 1.55. The second-order valence-electron chi connectivity index (χ2n) is 3.57. The van der Waals surface area contributed by atoms with Gasteiger partial charge in [0.1, 0.15) is 0 Å². The van der Waals surface area contributed by atoms with Crippen molar-refractivity contribution in [3.63, 3.8) is 0 Å². The molecule has 0 spiro atoms. The van der Waals surface area contributed by atoms with Gasteiger partial charge in [0.05, 0.1) is 17.3 Å². The summed E-state index contributed by atoms with van der Waals surface area (Å²) in [6, 6.07) is 0. The van der Waals surface area contributed by atoms with Crippen molar-refractivity contribution in [3.05, 3.63) is 16.6 Å². The van der Waals surface area contributed by atoms with Gasteiger partial charge >= 0.3 is 0 Å². The Morgan fingerprint density at radius 2 is 2.64 bits per heavy atom. The fourth-order valence-electron chi connectivity index (χ4n) is 1.65. The number of rotatable bonds is 5. The molecule has 0 radical (unpaired) electrons. The first-order valence-corrected chi connectivity index (χ1v) is 6.09. The molecule has 2 heterocycles. The molecule has 1 fully saturated rings. The zero-order chi connectivity index (χ0) is 9.64. The molecule has 3 nitrogen and oxygen atoms in total. The molecule has 78 valence electrons. The van der Waals surface area contributed by atoms with Gasteiger partial charge in [-0.2, -0.15) is 0 Å². The third kappa shape index (κ3) is 3.04. The summed E-state index contributed by atoms with van der Waals surface area (Å²) in [4.78, 5) is 4.23. The molecule has 1 aliphatic heterocycles. The maximum absolute atomic E-state index is 5.51. The van der Waals surface area contributed by atoms with E-state index in [0.717, 1.165) is 26.1 Å². The van der Waals surface area contributed by atoms with Crippen LogP contribution in [0.3, 0.4) is 0 Å². The number of hydrogen-bond donors (Lipinski definition) is 1. The maximum Gasteiger partial charge on any atom is 0.0794 e. The normalized spacial score (nSPS) is 21.6. The summed E-state index contributed by atoms with van der Waals surface area (Å²) >= 11 is 1.66. The van der Waals surface area contributed by atoms with Crippen LogP contribution >= 0.6 is 11.3 Å². The van der Waals surface area contributed by atoms with E-state index in [1.165, 1.54) is 18.5 Å². The van der Waals surface area contributed by atoms with Crippen molar-refractivity contribution in [2.75, 3.05) is 19.7 Å². The summed E-state index contributed by atoms with van der Waals surface area (Å²) in [5, 5.41) is 5.51. The van der Waals surface area contributed by atoms with E-state index >= 15 is 0 Å². The van der Waals surface area contributed by atoms with Gasteiger partial charge in [-0.05, 0) is 12.8 Å². The Morgan fingerprint density at radius 1 is 1.64 bits per heavy atom. The van der Waals surface area contributed by atoms with E-state index in [2.05, 4.69) is 15.7 Å². The van der Waals surface area contributed by atoms with Crippen LogP contribution in [0.15, 0.2) is 10.9 Å². The van der Waals surface area contributed by atoms with E-state index in [0.29, 0.717) is 6.10 Å². The monoisotopic (exact) mass is 212 g/mol. The molecule has 1 N–H and O–H groups in total. The summed E-state index contributed by atoms with van der Waals surface area (Å²) in [5.41, 5.74) is 3.07. The van der Waals surface area contributed by atoms with Gasteiger partial charge in [0, 0.05) is 31.5 Å². The van der Waals surface area contributed by atoms with Crippen LogP contribution in [0.5, 0.6) is 0 Å². The summed E-state index contributed by atoms with van der Waals surface area (Å²) in [6.45, 7) is 2.94. The number of nitrogens with zero attached hydrogens (tertiary/aromatic N) is 1. The standard InChI is InChI=1S/C10H16N2OS/c1-2-10(13-5-1)6-11-4-3-9-7-14-8-12-9/h7-8,10-11H,1-6H2. The lowest BCUT2D eigenvalue weighted by atomic mass is 10.2. The molecule has 0 saturated carbocycles. The molecular weight excluding hydrogens is 196 g/mol. The molecule has 1 aliphatic rings. The van der Waals surface area contributed by atoms with Crippen molar-refractivity contribution in [2.45, 2.75) is 25.4 Å². The fraction of sp³-hybridized carbons (Fsp3) is 0.700. The van der Waals surface area contributed by atoms with Gasteiger partial charge in [-0.3, -0.25) is 0 Å². The molecule has 0 aromatic carbocycles. The predicted molar refractivity (Wildman–Crippen MR) is 57.7 cm³/mol. The van der Waals surface area contributed by atoms with Crippen LogP contribution in [0.2, 0.25) is 0 Å². The average molecular weight is 212 g/mol. The first kappa shape index (κ1) is 10.1. The van der Waals surface area contributed by atoms with Gasteiger partial charge in [-0.25, -0.2) is 4.98 Å². The molecule has 14 heavy (non-hydrogen) atoms. The first-order chi connectivity index (χ1) is 6.95. The van der Waals surface area contributed by atoms with E-state index in [4.69, 9.17) is 4.74 Å². The van der Waals surface area contributed by atoms with E-state index in [9.17, 15) is 0 Å². The molecule has 0 amide bonds. The van der Waals surface area contributed by atoms with Crippen LogP contribution in [0.25, 0.3) is 0 Å². The minimum absolute atomic E-state index is 0.449. The summed E-state index contributed by atoms with van der Waals surface area (Å²) in [6.07, 6.45) is 3.91. The highest BCUT2D eigenvalue weighted by molar-refractivity contribution is 7.07. The summed E-state index contributed by atoms with van der Waals surface area (Å²) < 4.78 is 5.51. The molecule has 4 heteroatoms. The van der Waals surface area contributed by atoms with Crippen LogP contribution in [0, 0.1) is 0 Å². The molecule has 1 aromatic heterocycles. The lowest BCUT2D eigenvalue weighted by Crippen LogP contribution is -2.27. The lowest BCUT2D eigenvalue weighted by molar-refractivity contribution is 0.110. The predicted octanol–water partition coefficient (Wildman–Crippen LogP) is 1.45. The fourth-order valence-corrected chi connectivity index (χ4v) is 2.24. The number of aromatic nitrogens is 1. The molecule has 0 bridgehead atoms. The highest BCUT2D eigenvalue weighted by Gasteiger charge is 2.14. The van der Waals surface area contributed by atoms with E-state index < -0.39 is 0 Å². The van der Waals surface area contributed by atoms with Crippen molar-refractivity contribution >= 4 is 11.3 Å². The third-order valence-corrected chi connectivity index (χ3v) is 3.07. The summed E-state index contributed by atoms with van der Waals surface area (Å²) in [5.74, 6) is 0. The average Bonchev–Trinajstić information content (AvgIpc) is 2.86. The molecule has 1 atom stereocenters. The minimum atomic E-state index is 0.449. The van der Waals surface area contributed by atoms with Crippen LogP contribution in [-0.4, -0.2) is 30.8 Å². The van der Waals surface area contributed by atoms with Gasteiger partial charge in [-0.15, -0.1) is 11.3 Å². The largest absolute Gasteiger partial charge is 0.377 e. The van der Waals surface area contributed by atoms with Gasteiger partial charge in [0.25, 0.3) is 0 Å². The second kappa shape index (κ2) is 5.44. The van der Waals surface area contributed by atoms with Gasteiger partial charge in [0.15, 0.2) is 0 Å². The minimum Gasteiger partial charge on any atom is -0.377 e. The molecule has 1 aromatic rings. The van der Waals surface area contributed by atoms with Gasteiger partial charge in [0.2, 0.25) is 0 Å². The smallest absolute Gasteiger partial charge is 0.0794 e. The van der Waals surface area contributed by atoms with Crippen LogP contribution in [0.1, 0.15) is 18.5 Å². The maximum atomic E-state index is 5.51. The van der Waals surface area contributed by atoms with E-state index in [-0.39, 0.29) is 0 Å². The third-order valence-electron chi connectivity index (χ3n) is 2.44.